The Kier molecular flexibility index (Phi) is 5.43. The standard InChI is InChI=1S/C19H34N2O/c22-17-18(12-14-20-15-13-18)16-19(21-17)10-8-6-4-2-1-3-5-7-9-11-19/h20H,1-16H2,(H,21,22). The summed E-state index contributed by atoms with van der Waals surface area (Å²) < 4.78 is 0. The van der Waals surface area contributed by atoms with E-state index in [0.717, 1.165) is 32.4 Å². The summed E-state index contributed by atoms with van der Waals surface area (Å²) >= 11 is 0. The fraction of sp³-hybridized carbons (Fsp3) is 0.947. The first-order valence-electron chi connectivity index (χ1n) is 9.78. The second-order valence-electron chi connectivity index (χ2n) is 8.12. The van der Waals surface area contributed by atoms with E-state index < -0.39 is 0 Å². The highest BCUT2D eigenvalue weighted by atomic mass is 16.2. The average Bonchev–Trinajstić information content (AvgIpc) is 2.77. The van der Waals surface area contributed by atoms with Gasteiger partial charge in [-0.25, -0.2) is 0 Å². The van der Waals surface area contributed by atoms with Crippen molar-refractivity contribution in [3.63, 3.8) is 0 Å². The summed E-state index contributed by atoms with van der Waals surface area (Å²) in [6.07, 6.45) is 18.0. The highest BCUT2D eigenvalue weighted by Gasteiger charge is 2.53. The van der Waals surface area contributed by atoms with Crippen molar-refractivity contribution >= 4 is 5.91 Å². The number of carbonyl (C=O) groups is 1. The molecule has 0 aromatic heterocycles. The van der Waals surface area contributed by atoms with Crippen LogP contribution in [0.4, 0.5) is 0 Å². The zero-order chi connectivity index (χ0) is 15.3. The normalized spacial score (nSPS) is 29.7. The molecule has 126 valence electrons. The van der Waals surface area contributed by atoms with Gasteiger partial charge in [0, 0.05) is 5.54 Å². The fourth-order valence-corrected chi connectivity index (χ4v) is 5.05. The molecular weight excluding hydrogens is 272 g/mol. The largest absolute Gasteiger partial charge is 0.350 e. The summed E-state index contributed by atoms with van der Waals surface area (Å²) in [7, 11) is 0. The molecule has 2 spiro atoms. The van der Waals surface area contributed by atoms with E-state index in [0.29, 0.717) is 5.91 Å². The van der Waals surface area contributed by atoms with Gasteiger partial charge in [-0.05, 0) is 45.2 Å². The van der Waals surface area contributed by atoms with Crippen LogP contribution in [-0.4, -0.2) is 24.5 Å². The topological polar surface area (TPSA) is 41.1 Å². The molecule has 22 heavy (non-hydrogen) atoms. The number of amides is 1. The maximum Gasteiger partial charge on any atom is 0.226 e. The van der Waals surface area contributed by atoms with Crippen LogP contribution in [0.3, 0.4) is 0 Å². The molecule has 0 unspecified atom stereocenters. The maximum atomic E-state index is 12.8. The van der Waals surface area contributed by atoms with Gasteiger partial charge in [0.05, 0.1) is 5.41 Å². The second-order valence-corrected chi connectivity index (χ2v) is 8.12. The van der Waals surface area contributed by atoms with E-state index >= 15 is 0 Å². The van der Waals surface area contributed by atoms with E-state index in [4.69, 9.17) is 0 Å². The van der Waals surface area contributed by atoms with Crippen LogP contribution >= 0.6 is 0 Å². The van der Waals surface area contributed by atoms with Crippen molar-refractivity contribution in [2.24, 2.45) is 5.41 Å². The number of piperidine rings is 1. The maximum absolute atomic E-state index is 12.8. The lowest BCUT2D eigenvalue weighted by atomic mass is 9.71. The quantitative estimate of drug-likeness (QED) is 0.712. The fourth-order valence-electron chi connectivity index (χ4n) is 5.05. The lowest BCUT2D eigenvalue weighted by Crippen LogP contribution is -2.42. The third kappa shape index (κ3) is 3.67. The van der Waals surface area contributed by atoms with Gasteiger partial charge in [-0.1, -0.05) is 57.8 Å². The van der Waals surface area contributed by atoms with Gasteiger partial charge in [0.1, 0.15) is 0 Å². The Hall–Kier alpha value is -0.570. The molecule has 3 nitrogen and oxygen atoms in total. The van der Waals surface area contributed by atoms with E-state index in [9.17, 15) is 4.79 Å². The minimum atomic E-state index is -0.0394. The Morgan fingerprint density at radius 1 is 0.682 bits per heavy atom. The number of hydrogen-bond acceptors (Lipinski definition) is 2. The Bertz CT molecular complexity index is 362. The minimum Gasteiger partial charge on any atom is -0.350 e. The molecule has 2 N–H and O–H groups in total. The van der Waals surface area contributed by atoms with Gasteiger partial charge in [-0.2, -0.15) is 0 Å². The van der Waals surface area contributed by atoms with Crippen molar-refractivity contribution in [2.75, 3.05) is 13.1 Å². The summed E-state index contributed by atoms with van der Waals surface area (Å²) in [5, 5.41) is 6.94. The molecule has 3 rings (SSSR count). The molecule has 2 heterocycles. The van der Waals surface area contributed by atoms with Crippen LogP contribution in [0, 0.1) is 5.41 Å². The predicted octanol–water partition coefficient (Wildman–Crippen LogP) is 3.92. The van der Waals surface area contributed by atoms with Gasteiger partial charge in [-0.3, -0.25) is 4.79 Å². The molecule has 3 aliphatic rings. The SMILES string of the molecule is O=C1NC2(CCCCCCCCCCC2)CC12CCNCC2. The van der Waals surface area contributed by atoms with E-state index in [1.165, 1.54) is 70.6 Å². The molecule has 1 amide bonds. The van der Waals surface area contributed by atoms with Crippen LogP contribution in [0.25, 0.3) is 0 Å². The summed E-state index contributed by atoms with van der Waals surface area (Å²) in [6.45, 7) is 2.03. The highest BCUT2D eigenvalue weighted by molar-refractivity contribution is 5.86. The van der Waals surface area contributed by atoms with E-state index in [-0.39, 0.29) is 11.0 Å². The molecule has 0 radical (unpaired) electrons. The summed E-state index contributed by atoms with van der Waals surface area (Å²) in [4.78, 5) is 12.8. The highest BCUT2D eigenvalue weighted by Crippen LogP contribution is 2.46. The van der Waals surface area contributed by atoms with Gasteiger partial charge >= 0.3 is 0 Å². The Morgan fingerprint density at radius 2 is 1.18 bits per heavy atom. The van der Waals surface area contributed by atoms with Crippen molar-refractivity contribution in [3.05, 3.63) is 0 Å². The van der Waals surface area contributed by atoms with E-state index in [1.807, 2.05) is 0 Å². The smallest absolute Gasteiger partial charge is 0.226 e. The van der Waals surface area contributed by atoms with Crippen molar-refractivity contribution in [3.8, 4) is 0 Å². The van der Waals surface area contributed by atoms with Crippen molar-refractivity contribution in [2.45, 2.75) is 95.4 Å². The van der Waals surface area contributed by atoms with E-state index in [1.54, 1.807) is 0 Å². The van der Waals surface area contributed by atoms with Crippen LogP contribution in [0.2, 0.25) is 0 Å². The predicted molar refractivity (Wildman–Crippen MR) is 90.8 cm³/mol. The monoisotopic (exact) mass is 306 g/mol. The van der Waals surface area contributed by atoms with Gasteiger partial charge in [0.25, 0.3) is 0 Å². The van der Waals surface area contributed by atoms with Crippen molar-refractivity contribution < 1.29 is 4.79 Å². The van der Waals surface area contributed by atoms with Crippen LogP contribution in [0.1, 0.15) is 89.9 Å². The third-order valence-corrected chi connectivity index (χ3v) is 6.41. The number of carbonyl (C=O) groups excluding carboxylic acids is 1. The zero-order valence-electron chi connectivity index (χ0n) is 14.2. The van der Waals surface area contributed by atoms with Crippen LogP contribution < -0.4 is 10.6 Å². The summed E-state index contributed by atoms with van der Waals surface area (Å²) in [5.41, 5.74) is 0.0932. The summed E-state index contributed by atoms with van der Waals surface area (Å²) in [5.74, 6) is 0.376. The zero-order valence-corrected chi connectivity index (χ0v) is 14.2. The molecule has 3 heteroatoms. The third-order valence-electron chi connectivity index (χ3n) is 6.41. The van der Waals surface area contributed by atoms with Crippen molar-refractivity contribution in [1.29, 1.82) is 0 Å². The molecule has 0 aromatic rings. The van der Waals surface area contributed by atoms with Gasteiger partial charge in [0.2, 0.25) is 5.91 Å². The molecule has 1 aliphatic carbocycles. The van der Waals surface area contributed by atoms with Gasteiger partial charge < -0.3 is 10.6 Å². The van der Waals surface area contributed by atoms with E-state index in [2.05, 4.69) is 10.6 Å². The van der Waals surface area contributed by atoms with Crippen molar-refractivity contribution in [1.82, 2.24) is 10.6 Å². The van der Waals surface area contributed by atoms with Crippen LogP contribution in [-0.2, 0) is 4.79 Å². The lowest BCUT2D eigenvalue weighted by molar-refractivity contribution is -0.129. The molecular formula is C19H34N2O. The number of hydrogen-bond donors (Lipinski definition) is 2. The molecule has 0 aromatic carbocycles. The average molecular weight is 306 g/mol. The van der Waals surface area contributed by atoms with Gasteiger partial charge in [-0.15, -0.1) is 0 Å². The number of nitrogens with one attached hydrogen (secondary N) is 2. The molecule has 3 fully saturated rings. The Morgan fingerprint density at radius 3 is 1.73 bits per heavy atom. The molecule has 2 aliphatic heterocycles. The van der Waals surface area contributed by atoms with Gasteiger partial charge in [0.15, 0.2) is 0 Å². The first-order chi connectivity index (χ1) is 10.7. The Labute approximate surface area is 136 Å². The molecule has 2 saturated heterocycles. The molecule has 0 bridgehead atoms. The van der Waals surface area contributed by atoms with Crippen LogP contribution in [0.5, 0.6) is 0 Å². The summed E-state index contributed by atoms with van der Waals surface area (Å²) in [6, 6.07) is 0. The minimum absolute atomic E-state index is 0.0394. The lowest BCUT2D eigenvalue weighted by Gasteiger charge is -2.34. The second kappa shape index (κ2) is 7.33. The Balaban J connectivity index is 1.66. The molecule has 0 atom stereocenters. The first kappa shape index (κ1) is 16.3. The molecule has 1 saturated carbocycles. The van der Waals surface area contributed by atoms with Crippen LogP contribution in [0.15, 0.2) is 0 Å². The first-order valence-corrected chi connectivity index (χ1v) is 9.78. The number of rotatable bonds is 0.